The molecule has 2 aromatic rings. The SMILES string of the molecule is Cc1ccc(N=C=Nc2ccc([N+](=O)[O-])cc2)cc1. The molecule has 0 bridgehead atoms. The van der Waals surface area contributed by atoms with E-state index in [1.54, 1.807) is 12.1 Å². The fraction of sp³-hybridized carbons (Fsp3) is 0.0714. The Morgan fingerprint density at radius 3 is 1.89 bits per heavy atom. The number of aliphatic imine (C=N–C) groups is 2. The summed E-state index contributed by atoms with van der Waals surface area (Å²) >= 11 is 0. The molecular weight excluding hydrogens is 242 g/mol. The topological polar surface area (TPSA) is 67.9 Å². The molecule has 0 fully saturated rings. The highest BCUT2D eigenvalue weighted by Gasteiger charge is 2.02. The number of nitro benzene ring substituents is 1. The van der Waals surface area contributed by atoms with Gasteiger partial charge in [-0.05, 0) is 31.2 Å². The third kappa shape index (κ3) is 3.59. The van der Waals surface area contributed by atoms with Crippen LogP contribution in [-0.4, -0.2) is 10.9 Å². The Labute approximate surface area is 110 Å². The van der Waals surface area contributed by atoms with Gasteiger partial charge in [0.15, 0.2) is 0 Å². The first-order valence-corrected chi connectivity index (χ1v) is 5.63. The molecule has 0 unspecified atom stereocenters. The van der Waals surface area contributed by atoms with Crippen molar-refractivity contribution in [3.63, 3.8) is 0 Å². The number of non-ortho nitro benzene ring substituents is 1. The molecule has 5 heteroatoms. The molecule has 0 atom stereocenters. The van der Waals surface area contributed by atoms with E-state index in [1.807, 2.05) is 31.2 Å². The average Bonchev–Trinajstić information content (AvgIpc) is 2.41. The summed E-state index contributed by atoms with van der Waals surface area (Å²) in [6, 6.07) is 16.1. The van der Waals surface area contributed by atoms with Gasteiger partial charge in [-0.3, -0.25) is 10.1 Å². The van der Waals surface area contributed by atoms with Crippen molar-refractivity contribution < 1.29 is 4.92 Å². The first-order valence-electron chi connectivity index (χ1n) is 5.63. The van der Waals surface area contributed by atoms with Gasteiger partial charge in [-0.2, -0.15) is 9.98 Å². The maximum absolute atomic E-state index is 10.5. The molecule has 2 aromatic carbocycles. The Morgan fingerprint density at radius 2 is 1.42 bits per heavy atom. The minimum Gasteiger partial charge on any atom is -0.258 e. The van der Waals surface area contributed by atoms with E-state index in [0.29, 0.717) is 5.69 Å². The van der Waals surface area contributed by atoms with Gasteiger partial charge >= 0.3 is 0 Å². The van der Waals surface area contributed by atoms with Crippen LogP contribution in [-0.2, 0) is 0 Å². The fourth-order valence-electron chi connectivity index (χ4n) is 1.41. The van der Waals surface area contributed by atoms with Crippen LogP contribution >= 0.6 is 0 Å². The summed E-state index contributed by atoms with van der Waals surface area (Å²) in [7, 11) is 0. The van der Waals surface area contributed by atoms with Crippen LogP contribution in [0.3, 0.4) is 0 Å². The molecule has 0 aliphatic heterocycles. The summed E-state index contributed by atoms with van der Waals surface area (Å²) in [5, 5.41) is 10.5. The summed E-state index contributed by atoms with van der Waals surface area (Å²) in [6.45, 7) is 2.00. The Kier molecular flexibility index (Phi) is 3.81. The molecule has 0 heterocycles. The molecule has 0 amide bonds. The van der Waals surface area contributed by atoms with Crippen LogP contribution in [0.5, 0.6) is 0 Å². The lowest BCUT2D eigenvalue weighted by Crippen LogP contribution is -1.85. The molecule has 2 rings (SSSR count). The molecule has 5 nitrogen and oxygen atoms in total. The number of nitro groups is 1. The van der Waals surface area contributed by atoms with Crippen LogP contribution in [0, 0.1) is 17.0 Å². The third-order valence-electron chi connectivity index (χ3n) is 2.45. The zero-order valence-corrected chi connectivity index (χ0v) is 10.3. The first kappa shape index (κ1) is 12.7. The van der Waals surface area contributed by atoms with Crippen molar-refractivity contribution in [1.29, 1.82) is 0 Å². The lowest BCUT2D eigenvalue weighted by Gasteiger charge is -1.92. The number of aryl methyl sites for hydroxylation is 1. The van der Waals surface area contributed by atoms with Crippen molar-refractivity contribution in [3.05, 3.63) is 64.2 Å². The molecule has 0 N–H and O–H groups in total. The third-order valence-corrected chi connectivity index (χ3v) is 2.45. The number of nitrogens with zero attached hydrogens (tertiary/aromatic N) is 3. The largest absolute Gasteiger partial charge is 0.269 e. The average molecular weight is 253 g/mol. The van der Waals surface area contributed by atoms with Gasteiger partial charge < -0.3 is 0 Å². The van der Waals surface area contributed by atoms with Crippen LogP contribution in [0.2, 0.25) is 0 Å². The Morgan fingerprint density at radius 1 is 0.947 bits per heavy atom. The molecule has 0 aromatic heterocycles. The van der Waals surface area contributed by atoms with E-state index < -0.39 is 4.92 Å². The maximum atomic E-state index is 10.5. The van der Waals surface area contributed by atoms with Gasteiger partial charge in [-0.15, -0.1) is 0 Å². The number of hydrogen-bond acceptors (Lipinski definition) is 4. The van der Waals surface area contributed by atoms with Gasteiger partial charge in [0.05, 0.1) is 16.3 Å². The van der Waals surface area contributed by atoms with Crippen molar-refractivity contribution in [2.75, 3.05) is 0 Å². The van der Waals surface area contributed by atoms with Gasteiger partial charge in [0, 0.05) is 12.1 Å². The van der Waals surface area contributed by atoms with E-state index >= 15 is 0 Å². The van der Waals surface area contributed by atoms with Crippen LogP contribution in [0.25, 0.3) is 0 Å². The van der Waals surface area contributed by atoms with E-state index in [0.717, 1.165) is 11.3 Å². The predicted molar refractivity (Wildman–Crippen MR) is 73.5 cm³/mol. The highest BCUT2D eigenvalue weighted by molar-refractivity contribution is 5.58. The van der Waals surface area contributed by atoms with Crippen LogP contribution in [0.1, 0.15) is 5.56 Å². The van der Waals surface area contributed by atoms with Gasteiger partial charge in [0.2, 0.25) is 0 Å². The molecule has 0 aliphatic carbocycles. The second-order valence-electron chi connectivity index (χ2n) is 3.93. The van der Waals surface area contributed by atoms with Crippen molar-refractivity contribution in [2.24, 2.45) is 9.98 Å². The summed E-state index contributed by atoms with van der Waals surface area (Å²) < 4.78 is 0. The lowest BCUT2D eigenvalue weighted by atomic mass is 10.2. The Balaban J connectivity index is 2.13. The van der Waals surface area contributed by atoms with Crippen LogP contribution < -0.4 is 0 Å². The van der Waals surface area contributed by atoms with Crippen molar-refractivity contribution in [1.82, 2.24) is 0 Å². The Bertz CT molecular complexity index is 639. The lowest BCUT2D eigenvalue weighted by molar-refractivity contribution is -0.384. The Hall–Kier alpha value is -2.78. The van der Waals surface area contributed by atoms with Gasteiger partial charge in [0.1, 0.15) is 6.01 Å². The van der Waals surface area contributed by atoms with Crippen LogP contribution in [0.15, 0.2) is 58.5 Å². The van der Waals surface area contributed by atoms with Gasteiger partial charge in [-0.25, -0.2) is 0 Å². The standard InChI is InChI=1S/C14H11N3O2/c1-11-2-4-12(5-3-11)15-10-16-13-6-8-14(9-7-13)17(18)19/h2-9H,1H3. The minimum atomic E-state index is -0.451. The van der Waals surface area contributed by atoms with Crippen molar-refractivity contribution in [3.8, 4) is 0 Å². The summed E-state index contributed by atoms with van der Waals surface area (Å²) in [6.07, 6.45) is 0. The zero-order valence-electron chi connectivity index (χ0n) is 10.3. The smallest absolute Gasteiger partial charge is 0.258 e. The molecule has 0 radical (unpaired) electrons. The molecular formula is C14H11N3O2. The van der Waals surface area contributed by atoms with Crippen molar-refractivity contribution >= 4 is 23.1 Å². The highest BCUT2D eigenvalue weighted by Crippen LogP contribution is 2.17. The van der Waals surface area contributed by atoms with Gasteiger partial charge in [0.25, 0.3) is 5.69 Å². The van der Waals surface area contributed by atoms with Gasteiger partial charge in [-0.1, -0.05) is 17.7 Å². The normalized spacial score (nSPS) is 9.53. The monoisotopic (exact) mass is 253 g/mol. The van der Waals surface area contributed by atoms with Crippen molar-refractivity contribution in [2.45, 2.75) is 6.92 Å². The van der Waals surface area contributed by atoms with E-state index in [1.165, 1.54) is 12.1 Å². The molecule has 94 valence electrons. The first-order chi connectivity index (χ1) is 9.15. The second kappa shape index (κ2) is 5.71. The van der Waals surface area contributed by atoms with Crippen LogP contribution in [0.4, 0.5) is 17.1 Å². The minimum absolute atomic E-state index is 0.0365. The summed E-state index contributed by atoms with van der Waals surface area (Å²) in [5.74, 6) is 0. The quantitative estimate of drug-likeness (QED) is 0.470. The van der Waals surface area contributed by atoms with E-state index in [4.69, 9.17) is 0 Å². The molecule has 0 aliphatic rings. The van der Waals surface area contributed by atoms with E-state index in [9.17, 15) is 10.1 Å². The molecule has 0 saturated heterocycles. The maximum Gasteiger partial charge on any atom is 0.269 e. The summed E-state index contributed by atoms with van der Waals surface area (Å²) in [5.41, 5.74) is 2.53. The number of rotatable bonds is 3. The number of hydrogen-bond donors (Lipinski definition) is 0. The number of benzene rings is 2. The highest BCUT2D eigenvalue weighted by atomic mass is 16.6. The predicted octanol–water partition coefficient (Wildman–Crippen LogP) is 4.04. The van der Waals surface area contributed by atoms with E-state index in [2.05, 4.69) is 16.0 Å². The summed E-state index contributed by atoms with van der Waals surface area (Å²) in [4.78, 5) is 18.1. The molecule has 0 saturated carbocycles. The molecule has 0 spiro atoms. The fourth-order valence-corrected chi connectivity index (χ4v) is 1.41. The zero-order chi connectivity index (χ0) is 13.7. The second-order valence-corrected chi connectivity index (χ2v) is 3.93. The van der Waals surface area contributed by atoms with E-state index in [-0.39, 0.29) is 5.69 Å². The molecule has 19 heavy (non-hydrogen) atoms.